The highest BCUT2D eigenvalue weighted by molar-refractivity contribution is 7.20. The number of hydrogen-bond acceptors (Lipinski definition) is 8. The van der Waals surface area contributed by atoms with E-state index in [0.29, 0.717) is 32.4 Å². The van der Waals surface area contributed by atoms with E-state index in [1.165, 1.54) is 37.8 Å². The molecule has 3 rings (SSSR count). The van der Waals surface area contributed by atoms with Crippen LogP contribution in [0.3, 0.4) is 0 Å². The van der Waals surface area contributed by atoms with Gasteiger partial charge >= 0.3 is 6.18 Å². The number of anilines is 1. The third-order valence-corrected chi connectivity index (χ3v) is 5.48. The van der Waals surface area contributed by atoms with E-state index in [2.05, 4.69) is 25.6 Å². The van der Waals surface area contributed by atoms with Crippen LogP contribution in [0.25, 0.3) is 10.2 Å². The molecule has 0 aliphatic carbocycles. The quantitative estimate of drug-likeness (QED) is 0.503. The minimum atomic E-state index is -4.52. The van der Waals surface area contributed by atoms with Crippen molar-refractivity contribution in [2.75, 3.05) is 32.6 Å². The first-order valence-electron chi connectivity index (χ1n) is 9.13. The third kappa shape index (κ3) is 5.02. The highest BCUT2D eigenvalue weighted by Gasteiger charge is 2.34. The summed E-state index contributed by atoms with van der Waals surface area (Å²) < 4.78 is 49.4. The van der Waals surface area contributed by atoms with Crippen LogP contribution in [0.2, 0.25) is 0 Å². The van der Waals surface area contributed by atoms with E-state index in [0.717, 1.165) is 6.07 Å². The molecule has 0 saturated heterocycles. The van der Waals surface area contributed by atoms with Crippen molar-refractivity contribution in [3.8, 4) is 5.88 Å². The van der Waals surface area contributed by atoms with Gasteiger partial charge in [0.05, 0.1) is 22.9 Å². The minimum Gasteiger partial charge on any atom is -0.480 e. The molecule has 0 radical (unpaired) electrons. The highest BCUT2D eigenvalue weighted by atomic mass is 32.1. The molecule has 0 unspecified atom stereocenters. The molecule has 3 aromatic rings. The monoisotopic (exact) mass is 455 g/mol. The Morgan fingerprint density at radius 2 is 2.00 bits per heavy atom. The summed E-state index contributed by atoms with van der Waals surface area (Å²) in [7, 11) is 3.00. The van der Waals surface area contributed by atoms with Gasteiger partial charge in [-0.3, -0.25) is 4.79 Å². The summed E-state index contributed by atoms with van der Waals surface area (Å²) in [5, 5.41) is 5.94. The molecule has 0 atom stereocenters. The smallest absolute Gasteiger partial charge is 0.419 e. The second kappa shape index (κ2) is 9.43. The summed E-state index contributed by atoms with van der Waals surface area (Å²) in [4.78, 5) is 26.1. The molecule has 3 heterocycles. The number of methoxy groups -OCH3 is 2. The van der Waals surface area contributed by atoms with E-state index in [1.54, 1.807) is 6.92 Å². The molecule has 8 nitrogen and oxygen atoms in total. The van der Waals surface area contributed by atoms with E-state index in [-0.39, 0.29) is 31.4 Å². The largest absolute Gasteiger partial charge is 0.480 e. The summed E-state index contributed by atoms with van der Waals surface area (Å²) in [6, 6.07) is 2.16. The molecule has 0 saturated carbocycles. The molecule has 0 bridgehead atoms. The third-order valence-electron chi connectivity index (χ3n) is 4.29. The van der Waals surface area contributed by atoms with Crippen LogP contribution >= 0.6 is 11.3 Å². The maximum atomic E-state index is 13.0. The molecule has 0 aliphatic heterocycles. The lowest BCUT2D eigenvalue weighted by molar-refractivity contribution is -0.137. The van der Waals surface area contributed by atoms with E-state index < -0.39 is 11.7 Å². The number of alkyl halides is 3. The van der Waals surface area contributed by atoms with Crippen LogP contribution in [-0.4, -0.2) is 48.2 Å². The fourth-order valence-corrected chi connectivity index (χ4v) is 4.02. The number of aromatic nitrogens is 3. The van der Waals surface area contributed by atoms with Gasteiger partial charge in [-0.1, -0.05) is 0 Å². The van der Waals surface area contributed by atoms with Gasteiger partial charge in [-0.2, -0.15) is 18.2 Å². The average Bonchev–Trinajstić information content (AvgIpc) is 3.07. The Bertz CT molecular complexity index is 1090. The standard InChI is InChI=1S/C19H20F3N5O3S/c1-10-13-17(30-3)26-12(9-29-2)27-18(13)31-14(10)16(28)25-8-7-24-15-11(19(20,21)22)5-4-6-23-15/h4-6H,7-9H2,1-3H3,(H,23,24)(H,25,28). The number of amides is 1. The zero-order chi connectivity index (χ0) is 22.6. The molecule has 1 amide bonds. The lowest BCUT2D eigenvalue weighted by atomic mass is 10.2. The molecular weight excluding hydrogens is 435 g/mol. The number of aryl methyl sites for hydroxylation is 1. The summed E-state index contributed by atoms with van der Waals surface area (Å²) in [5.41, 5.74) is -0.199. The van der Waals surface area contributed by atoms with Gasteiger partial charge in [-0.25, -0.2) is 9.97 Å². The average molecular weight is 455 g/mol. The maximum Gasteiger partial charge on any atom is 0.419 e. The van der Waals surface area contributed by atoms with E-state index in [9.17, 15) is 18.0 Å². The van der Waals surface area contributed by atoms with Crippen LogP contribution in [0.5, 0.6) is 5.88 Å². The molecule has 0 aliphatic rings. The van der Waals surface area contributed by atoms with E-state index in [4.69, 9.17) is 9.47 Å². The number of hydrogen-bond donors (Lipinski definition) is 2. The summed E-state index contributed by atoms with van der Waals surface area (Å²) in [5.74, 6) is 0.129. The Hall–Kier alpha value is -2.99. The number of nitrogens with zero attached hydrogens (tertiary/aromatic N) is 3. The SMILES string of the molecule is COCc1nc(OC)c2c(C)c(C(=O)NCCNc3ncccc3C(F)(F)F)sc2n1. The zero-order valence-corrected chi connectivity index (χ0v) is 17.8. The van der Waals surface area contributed by atoms with Crippen molar-refractivity contribution < 1.29 is 27.4 Å². The predicted octanol–water partition coefficient (Wildman–Crippen LogP) is 3.41. The molecule has 2 N–H and O–H groups in total. The molecule has 0 fully saturated rings. The number of fused-ring (bicyclic) bond motifs is 1. The normalized spacial score (nSPS) is 11.5. The van der Waals surface area contributed by atoms with Crippen LogP contribution in [0, 0.1) is 6.92 Å². The highest BCUT2D eigenvalue weighted by Crippen LogP contribution is 2.35. The van der Waals surface area contributed by atoms with Gasteiger partial charge in [0.15, 0.2) is 5.82 Å². The summed E-state index contributed by atoms with van der Waals surface area (Å²) in [6.45, 7) is 2.12. The molecule has 31 heavy (non-hydrogen) atoms. The second-order valence-electron chi connectivity index (χ2n) is 6.40. The second-order valence-corrected chi connectivity index (χ2v) is 7.40. The maximum absolute atomic E-state index is 13.0. The minimum absolute atomic E-state index is 0.0664. The van der Waals surface area contributed by atoms with E-state index in [1.807, 2.05) is 0 Å². The lowest BCUT2D eigenvalue weighted by Crippen LogP contribution is -2.29. The number of ether oxygens (including phenoxy) is 2. The molecule has 3 aromatic heterocycles. The van der Waals surface area contributed by atoms with Crippen molar-refractivity contribution >= 4 is 33.3 Å². The number of nitrogens with one attached hydrogen (secondary N) is 2. The van der Waals surface area contributed by atoms with Crippen molar-refractivity contribution in [1.29, 1.82) is 0 Å². The molecule has 0 spiro atoms. The van der Waals surface area contributed by atoms with Gasteiger partial charge in [-0.05, 0) is 24.6 Å². The van der Waals surface area contributed by atoms with Gasteiger partial charge in [0, 0.05) is 26.4 Å². The van der Waals surface area contributed by atoms with Gasteiger partial charge in [0.1, 0.15) is 17.3 Å². The fourth-order valence-electron chi connectivity index (χ4n) is 2.91. The van der Waals surface area contributed by atoms with Crippen LogP contribution in [0.1, 0.15) is 26.6 Å². The van der Waals surface area contributed by atoms with Gasteiger partial charge in [-0.15, -0.1) is 11.3 Å². The molecule has 12 heteroatoms. The first-order valence-corrected chi connectivity index (χ1v) is 9.95. The Kier molecular flexibility index (Phi) is 6.91. The van der Waals surface area contributed by atoms with Crippen molar-refractivity contribution in [2.24, 2.45) is 0 Å². The van der Waals surface area contributed by atoms with Crippen LogP contribution < -0.4 is 15.4 Å². The Labute approximate surface area is 179 Å². The van der Waals surface area contributed by atoms with Gasteiger partial charge < -0.3 is 20.1 Å². The van der Waals surface area contributed by atoms with Crippen molar-refractivity contribution in [3.63, 3.8) is 0 Å². The van der Waals surface area contributed by atoms with Crippen molar-refractivity contribution in [3.05, 3.63) is 40.2 Å². The number of carbonyl (C=O) groups is 1. The van der Waals surface area contributed by atoms with Gasteiger partial charge in [0.2, 0.25) is 5.88 Å². The van der Waals surface area contributed by atoms with Crippen molar-refractivity contribution in [2.45, 2.75) is 19.7 Å². The number of halogens is 3. The van der Waals surface area contributed by atoms with E-state index >= 15 is 0 Å². The van der Waals surface area contributed by atoms with Crippen LogP contribution in [-0.2, 0) is 17.5 Å². The summed E-state index contributed by atoms with van der Waals surface area (Å²) >= 11 is 1.18. The first-order chi connectivity index (χ1) is 14.8. The summed E-state index contributed by atoms with van der Waals surface area (Å²) in [6.07, 6.45) is -3.25. The van der Waals surface area contributed by atoms with Crippen LogP contribution in [0.15, 0.2) is 18.3 Å². The van der Waals surface area contributed by atoms with Crippen molar-refractivity contribution in [1.82, 2.24) is 20.3 Å². The Balaban J connectivity index is 1.70. The topological polar surface area (TPSA) is 98.3 Å². The number of rotatable bonds is 8. The lowest BCUT2D eigenvalue weighted by Gasteiger charge is -2.13. The Morgan fingerprint density at radius 3 is 2.68 bits per heavy atom. The molecule has 0 aromatic carbocycles. The number of carbonyl (C=O) groups excluding carboxylic acids is 1. The predicted molar refractivity (Wildman–Crippen MR) is 109 cm³/mol. The fraction of sp³-hybridized carbons (Fsp3) is 0.368. The number of pyridine rings is 1. The molecule has 166 valence electrons. The Morgan fingerprint density at radius 1 is 1.23 bits per heavy atom. The van der Waals surface area contributed by atoms with Gasteiger partial charge in [0.25, 0.3) is 5.91 Å². The van der Waals surface area contributed by atoms with Crippen LogP contribution in [0.4, 0.5) is 19.0 Å². The zero-order valence-electron chi connectivity index (χ0n) is 17.0. The number of thiophene rings is 1. The first kappa shape index (κ1) is 22.7. The molecular formula is C19H20F3N5O3S.